The van der Waals surface area contributed by atoms with Crippen LogP contribution in [0.5, 0.6) is 0 Å². The molecule has 0 bridgehead atoms. The van der Waals surface area contributed by atoms with Gasteiger partial charge in [0, 0.05) is 25.3 Å². The highest BCUT2D eigenvalue weighted by molar-refractivity contribution is 7.99. The van der Waals surface area contributed by atoms with Gasteiger partial charge in [0.05, 0.1) is 22.0 Å². The number of nitrogens with zero attached hydrogens (tertiary/aromatic N) is 5. The van der Waals surface area contributed by atoms with Gasteiger partial charge in [-0.15, -0.1) is 21.5 Å². The number of anilines is 1. The second-order valence-electron chi connectivity index (χ2n) is 7.25. The third-order valence-corrected chi connectivity index (χ3v) is 7.23. The standard InChI is InChI=1S/C22H22N6O2S2/c1-14(20-25-17-6-4-5-7-18(17)32-20)28(3)21(30)15-8-10-16(11-9-15)24-19(29)12-31-22-26-23-13-27(22)2/h4-11,13-14H,12H2,1-3H3,(H,24,29). The lowest BCUT2D eigenvalue weighted by molar-refractivity contribution is -0.113. The van der Waals surface area contributed by atoms with Gasteiger partial charge in [-0.3, -0.25) is 9.59 Å². The number of benzene rings is 2. The van der Waals surface area contributed by atoms with Crippen molar-refractivity contribution in [2.75, 3.05) is 18.1 Å². The minimum absolute atomic E-state index is 0.104. The van der Waals surface area contributed by atoms with E-state index in [0.29, 0.717) is 16.4 Å². The quantitative estimate of drug-likeness (QED) is 0.414. The smallest absolute Gasteiger partial charge is 0.254 e. The van der Waals surface area contributed by atoms with E-state index < -0.39 is 0 Å². The molecule has 10 heteroatoms. The summed E-state index contributed by atoms with van der Waals surface area (Å²) in [5, 5.41) is 12.1. The first kappa shape index (κ1) is 22.0. The highest BCUT2D eigenvalue weighted by Gasteiger charge is 2.22. The number of hydrogen-bond donors (Lipinski definition) is 1. The first-order chi connectivity index (χ1) is 15.4. The third kappa shape index (κ3) is 4.81. The Balaban J connectivity index is 1.36. The predicted molar refractivity (Wildman–Crippen MR) is 127 cm³/mol. The molecule has 0 saturated heterocycles. The highest BCUT2D eigenvalue weighted by atomic mass is 32.2. The van der Waals surface area contributed by atoms with E-state index in [2.05, 4.69) is 20.5 Å². The van der Waals surface area contributed by atoms with Crippen molar-refractivity contribution in [3.8, 4) is 0 Å². The Kier molecular flexibility index (Phi) is 6.52. The van der Waals surface area contributed by atoms with Crippen LogP contribution in [0.25, 0.3) is 10.2 Å². The molecule has 0 aliphatic heterocycles. The van der Waals surface area contributed by atoms with Crippen molar-refractivity contribution < 1.29 is 9.59 Å². The molecule has 0 spiro atoms. The lowest BCUT2D eigenvalue weighted by Gasteiger charge is -2.23. The van der Waals surface area contributed by atoms with Gasteiger partial charge in [-0.2, -0.15) is 0 Å². The fourth-order valence-corrected chi connectivity index (χ4v) is 4.79. The average Bonchev–Trinajstić information content (AvgIpc) is 3.42. The summed E-state index contributed by atoms with van der Waals surface area (Å²) in [6.07, 6.45) is 1.59. The fraction of sp³-hybridized carbons (Fsp3) is 0.227. The number of rotatable bonds is 7. The Labute approximate surface area is 193 Å². The molecule has 164 valence electrons. The monoisotopic (exact) mass is 466 g/mol. The van der Waals surface area contributed by atoms with E-state index in [0.717, 1.165) is 15.2 Å². The zero-order valence-electron chi connectivity index (χ0n) is 17.8. The van der Waals surface area contributed by atoms with Gasteiger partial charge in [-0.25, -0.2) is 4.98 Å². The molecule has 4 rings (SSSR count). The van der Waals surface area contributed by atoms with Gasteiger partial charge in [-0.05, 0) is 43.3 Å². The second kappa shape index (κ2) is 9.49. The molecular formula is C22H22N6O2S2. The minimum atomic E-state index is -0.156. The van der Waals surface area contributed by atoms with Crippen LogP contribution in [-0.2, 0) is 11.8 Å². The zero-order chi connectivity index (χ0) is 22.7. The zero-order valence-corrected chi connectivity index (χ0v) is 19.5. The first-order valence-corrected chi connectivity index (χ1v) is 11.7. The van der Waals surface area contributed by atoms with Crippen molar-refractivity contribution in [1.82, 2.24) is 24.6 Å². The third-order valence-electron chi connectivity index (χ3n) is 4.99. The van der Waals surface area contributed by atoms with Crippen LogP contribution in [0, 0.1) is 0 Å². The van der Waals surface area contributed by atoms with Gasteiger partial charge < -0.3 is 14.8 Å². The Morgan fingerprint density at radius 3 is 2.62 bits per heavy atom. The summed E-state index contributed by atoms with van der Waals surface area (Å²) in [6, 6.07) is 14.7. The number of thioether (sulfide) groups is 1. The summed E-state index contributed by atoms with van der Waals surface area (Å²) in [4.78, 5) is 31.5. The number of carbonyl (C=O) groups excluding carboxylic acids is 2. The molecule has 2 aromatic heterocycles. The Morgan fingerprint density at radius 1 is 1.19 bits per heavy atom. The topological polar surface area (TPSA) is 93.0 Å². The molecule has 4 aromatic rings. The number of hydrogen-bond acceptors (Lipinski definition) is 7. The van der Waals surface area contributed by atoms with E-state index in [4.69, 9.17) is 0 Å². The average molecular weight is 467 g/mol. The van der Waals surface area contributed by atoms with Crippen LogP contribution in [0.2, 0.25) is 0 Å². The maximum absolute atomic E-state index is 13.0. The summed E-state index contributed by atoms with van der Waals surface area (Å²) in [5.41, 5.74) is 2.12. The molecule has 0 fully saturated rings. The van der Waals surface area contributed by atoms with E-state index in [1.54, 1.807) is 58.4 Å². The van der Waals surface area contributed by atoms with Crippen molar-refractivity contribution in [2.24, 2.45) is 7.05 Å². The SMILES string of the molecule is CC(c1nc2ccccc2s1)N(C)C(=O)c1ccc(NC(=O)CSc2nncn2C)cc1. The molecule has 2 aromatic carbocycles. The fourth-order valence-electron chi connectivity index (χ4n) is 3.04. The molecule has 0 saturated carbocycles. The van der Waals surface area contributed by atoms with Crippen LogP contribution in [0.3, 0.4) is 0 Å². The van der Waals surface area contributed by atoms with Crippen LogP contribution in [0.4, 0.5) is 5.69 Å². The molecule has 2 amide bonds. The van der Waals surface area contributed by atoms with E-state index >= 15 is 0 Å². The van der Waals surface area contributed by atoms with Gasteiger partial charge >= 0.3 is 0 Å². The normalized spacial score (nSPS) is 12.0. The molecule has 0 radical (unpaired) electrons. The van der Waals surface area contributed by atoms with Crippen molar-refractivity contribution in [3.63, 3.8) is 0 Å². The Morgan fingerprint density at radius 2 is 1.94 bits per heavy atom. The molecule has 1 N–H and O–H groups in total. The number of fused-ring (bicyclic) bond motifs is 1. The lowest BCUT2D eigenvalue weighted by Crippen LogP contribution is -2.29. The molecular weight excluding hydrogens is 444 g/mol. The summed E-state index contributed by atoms with van der Waals surface area (Å²) in [7, 11) is 3.60. The number of nitrogens with one attached hydrogen (secondary N) is 1. The summed E-state index contributed by atoms with van der Waals surface area (Å²) in [6.45, 7) is 1.97. The van der Waals surface area contributed by atoms with Crippen LogP contribution >= 0.6 is 23.1 Å². The van der Waals surface area contributed by atoms with E-state index in [1.165, 1.54) is 11.8 Å². The van der Waals surface area contributed by atoms with Gasteiger partial charge in [-0.1, -0.05) is 23.9 Å². The maximum Gasteiger partial charge on any atom is 0.254 e. The number of aryl methyl sites for hydroxylation is 1. The number of amides is 2. The van der Waals surface area contributed by atoms with Crippen LogP contribution < -0.4 is 5.32 Å². The molecule has 0 aliphatic rings. The number of carbonyl (C=O) groups is 2. The lowest BCUT2D eigenvalue weighted by atomic mass is 10.1. The maximum atomic E-state index is 13.0. The number of para-hydroxylation sites is 1. The summed E-state index contributed by atoms with van der Waals surface area (Å²) in [5.74, 6) is -0.0403. The van der Waals surface area contributed by atoms with Gasteiger partial charge in [0.2, 0.25) is 5.91 Å². The van der Waals surface area contributed by atoms with E-state index in [9.17, 15) is 9.59 Å². The molecule has 32 heavy (non-hydrogen) atoms. The molecule has 1 atom stereocenters. The second-order valence-corrected chi connectivity index (χ2v) is 9.26. The summed E-state index contributed by atoms with van der Waals surface area (Å²) < 4.78 is 2.86. The van der Waals surface area contributed by atoms with Crippen molar-refractivity contribution >= 4 is 50.8 Å². The van der Waals surface area contributed by atoms with Crippen molar-refractivity contribution in [1.29, 1.82) is 0 Å². The highest BCUT2D eigenvalue weighted by Crippen LogP contribution is 2.29. The molecule has 8 nitrogen and oxygen atoms in total. The van der Waals surface area contributed by atoms with Crippen LogP contribution in [0.15, 0.2) is 60.0 Å². The van der Waals surface area contributed by atoms with E-state index in [1.807, 2.05) is 38.2 Å². The largest absolute Gasteiger partial charge is 0.333 e. The molecule has 1 unspecified atom stereocenters. The van der Waals surface area contributed by atoms with E-state index in [-0.39, 0.29) is 23.6 Å². The molecule has 2 heterocycles. The van der Waals surface area contributed by atoms with Crippen LogP contribution in [-0.4, -0.2) is 49.3 Å². The Hall–Kier alpha value is -3.24. The predicted octanol–water partition coefficient (Wildman–Crippen LogP) is 3.99. The summed E-state index contributed by atoms with van der Waals surface area (Å²) >= 11 is 2.90. The first-order valence-electron chi connectivity index (χ1n) is 9.91. The molecule has 0 aliphatic carbocycles. The Bertz CT molecular complexity index is 1220. The van der Waals surface area contributed by atoms with Gasteiger partial charge in [0.25, 0.3) is 5.91 Å². The van der Waals surface area contributed by atoms with Gasteiger partial charge in [0.1, 0.15) is 11.3 Å². The van der Waals surface area contributed by atoms with Crippen molar-refractivity contribution in [3.05, 3.63) is 65.4 Å². The van der Waals surface area contributed by atoms with Crippen molar-refractivity contribution in [2.45, 2.75) is 18.1 Å². The number of aromatic nitrogens is 4. The minimum Gasteiger partial charge on any atom is -0.333 e. The number of thiazole rings is 1. The van der Waals surface area contributed by atoms with Crippen LogP contribution in [0.1, 0.15) is 28.3 Å². The van der Waals surface area contributed by atoms with Gasteiger partial charge in [0.15, 0.2) is 5.16 Å².